The second-order valence-corrected chi connectivity index (χ2v) is 5.11. The molecule has 0 aromatic carbocycles. The number of nitriles is 1. The molecule has 5 heteroatoms. The number of nitrogens with zero attached hydrogens (tertiary/aromatic N) is 4. The molecule has 1 fully saturated rings. The van der Waals surface area contributed by atoms with E-state index < -0.39 is 0 Å². The SMILES string of the molecule is N#CCc1sc(-c2cnccn2)nc1C1CC1. The predicted molar refractivity (Wildman–Crippen MR) is 64.4 cm³/mol. The molecule has 0 atom stereocenters. The molecule has 84 valence electrons. The van der Waals surface area contributed by atoms with Crippen molar-refractivity contribution in [3.8, 4) is 16.8 Å². The normalized spacial score (nSPS) is 14.5. The van der Waals surface area contributed by atoms with Gasteiger partial charge in [-0.1, -0.05) is 0 Å². The van der Waals surface area contributed by atoms with E-state index in [0.29, 0.717) is 12.3 Å². The molecule has 0 bridgehead atoms. The predicted octanol–water partition coefficient (Wildman–Crippen LogP) is 2.54. The summed E-state index contributed by atoms with van der Waals surface area (Å²) in [6, 6.07) is 2.21. The van der Waals surface area contributed by atoms with Gasteiger partial charge in [-0.2, -0.15) is 5.26 Å². The summed E-state index contributed by atoms with van der Waals surface area (Å²) < 4.78 is 0. The molecule has 0 aliphatic heterocycles. The summed E-state index contributed by atoms with van der Waals surface area (Å²) in [5.74, 6) is 0.569. The maximum Gasteiger partial charge on any atom is 0.144 e. The molecule has 1 aliphatic rings. The fourth-order valence-electron chi connectivity index (χ4n) is 1.76. The van der Waals surface area contributed by atoms with Crippen molar-refractivity contribution in [2.45, 2.75) is 25.2 Å². The third-order valence-electron chi connectivity index (χ3n) is 2.71. The van der Waals surface area contributed by atoms with Gasteiger partial charge in [0.15, 0.2) is 0 Å². The van der Waals surface area contributed by atoms with Gasteiger partial charge in [-0.3, -0.25) is 9.97 Å². The van der Waals surface area contributed by atoms with Gasteiger partial charge in [-0.15, -0.1) is 11.3 Å². The highest BCUT2D eigenvalue weighted by Crippen LogP contribution is 2.44. The number of aromatic nitrogens is 3. The first-order valence-corrected chi connectivity index (χ1v) is 6.33. The van der Waals surface area contributed by atoms with Gasteiger partial charge in [0.25, 0.3) is 0 Å². The van der Waals surface area contributed by atoms with Gasteiger partial charge in [0.2, 0.25) is 0 Å². The minimum Gasteiger partial charge on any atom is -0.261 e. The molecular weight excluding hydrogens is 232 g/mol. The summed E-state index contributed by atoms with van der Waals surface area (Å²) in [5, 5.41) is 9.71. The third kappa shape index (κ3) is 2.04. The van der Waals surface area contributed by atoms with E-state index in [1.165, 1.54) is 12.8 Å². The third-order valence-corrected chi connectivity index (χ3v) is 3.81. The topological polar surface area (TPSA) is 62.5 Å². The van der Waals surface area contributed by atoms with Crippen LogP contribution in [0.4, 0.5) is 0 Å². The molecular formula is C12H10N4S. The van der Waals surface area contributed by atoms with Crippen molar-refractivity contribution >= 4 is 11.3 Å². The van der Waals surface area contributed by atoms with Gasteiger partial charge in [0, 0.05) is 23.2 Å². The molecule has 0 N–H and O–H groups in total. The lowest BCUT2D eigenvalue weighted by atomic mass is 10.2. The summed E-state index contributed by atoms with van der Waals surface area (Å²) in [4.78, 5) is 14.0. The van der Waals surface area contributed by atoms with Crippen LogP contribution in [0.5, 0.6) is 0 Å². The largest absolute Gasteiger partial charge is 0.261 e. The summed E-state index contributed by atoms with van der Waals surface area (Å²) in [5.41, 5.74) is 1.90. The van der Waals surface area contributed by atoms with Gasteiger partial charge in [0.1, 0.15) is 10.7 Å². The molecule has 2 aromatic rings. The Balaban J connectivity index is 2.01. The highest BCUT2D eigenvalue weighted by molar-refractivity contribution is 7.15. The first kappa shape index (κ1) is 10.4. The van der Waals surface area contributed by atoms with Gasteiger partial charge < -0.3 is 0 Å². The van der Waals surface area contributed by atoms with Crippen LogP contribution in [0.1, 0.15) is 29.3 Å². The minimum absolute atomic E-state index is 0.448. The lowest BCUT2D eigenvalue weighted by Crippen LogP contribution is -1.87. The molecule has 0 unspecified atom stereocenters. The molecule has 1 saturated carbocycles. The van der Waals surface area contributed by atoms with Crippen molar-refractivity contribution in [1.29, 1.82) is 5.26 Å². The summed E-state index contributed by atoms with van der Waals surface area (Å²) >= 11 is 1.57. The molecule has 0 radical (unpaired) electrons. The van der Waals surface area contributed by atoms with Crippen LogP contribution in [0.3, 0.4) is 0 Å². The van der Waals surface area contributed by atoms with Crippen molar-refractivity contribution in [2.75, 3.05) is 0 Å². The van der Waals surface area contributed by atoms with E-state index >= 15 is 0 Å². The Labute approximate surface area is 103 Å². The number of thiazole rings is 1. The summed E-state index contributed by atoms with van der Waals surface area (Å²) in [7, 11) is 0. The van der Waals surface area contributed by atoms with Crippen molar-refractivity contribution < 1.29 is 0 Å². The minimum atomic E-state index is 0.448. The zero-order chi connectivity index (χ0) is 11.7. The van der Waals surface area contributed by atoms with E-state index in [0.717, 1.165) is 21.3 Å². The second kappa shape index (κ2) is 4.22. The second-order valence-electron chi connectivity index (χ2n) is 4.03. The summed E-state index contributed by atoms with van der Waals surface area (Å²) in [6.07, 6.45) is 7.87. The molecule has 2 heterocycles. The molecule has 0 amide bonds. The van der Waals surface area contributed by atoms with E-state index in [4.69, 9.17) is 5.26 Å². The van der Waals surface area contributed by atoms with Crippen LogP contribution in [0.25, 0.3) is 10.7 Å². The summed E-state index contributed by atoms with van der Waals surface area (Å²) in [6.45, 7) is 0. The Kier molecular flexibility index (Phi) is 2.57. The van der Waals surface area contributed by atoms with Crippen molar-refractivity contribution in [3.05, 3.63) is 29.2 Å². The molecule has 1 aliphatic carbocycles. The van der Waals surface area contributed by atoms with E-state index in [1.54, 1.807) is 29.9 Å². The number of hydrogen-bond donors (Lipinski definition) is 0. The van der Waals surface area contributed by atoms with Crippen LogP contribution in [-0.4, -0.2) is 15.0 Å². The quantitative estimate of drug-likeness (QED) is 0.829. The highest BCUT2D eigenvalue weighted by Gasteiger charge is 2.29. The van der Waals surface area contributed by atoms with Crippen molar-refractivity contribution in [2.24, 2.45) is 0 Å². The fourth-order valence-corrected chi connectivity index (χ4v) is 2.80. The van der Waals surface area contributed by atoms with E-state index in [9.17, 15) is 0 Å². The average molecular weight is 242 g/mol. The lowest BCUT2D eigenvalue weighted by molar-refractivity contribution is 1.02. The zero-order valence-corrected chi connectivity index (χ0v) is 9.94. The Morgan fingerprint density at radius 2 is 2.29 bits per heavy atom. The Hall–Kier alpha value is -1.80. The van der Waals surface area contributed by atoms with E-state index in [1.807, 2.05) is 0 Å². The Morgan fingerprint density at radius 1 is 1.41 bits per heavy atom. The maximum absolute atomic E-state index is 8.83. The van der Waals surface area contributed by atoms with Crippen molar-refractivity contribution in [3.63, 3.8) is 0 Å². The van der Waals surface area contributed by atoms with Crippen molar-refractivity contribution in [1.82, 2.24) is 15.0 Å². The zero-order valence-electron chi connectivity index (χ0n) is 9.13. The number of hydrogen-bond acceptors (Lipinski definition) is 5. The Morgan fingerprint density at radius 3 is 2.94 bits per heavy atom. The molecule has 0 saturated heterocycles. The first-order chi connectivity index (χ1) is 8.38. The smallest absolute Gasteiger partial charge is 0.144 e. The molecule has 4 nitrogen and oxygen atoms in total. The molecule has 2 aromatic heterocycles. The average Bonchev–Trinajstić information content (AvgIpc) is 3.13. The molecule has 0 spiro atoms. The first-order valence-electron chi connectivity index (χ1n) is 5.51. The monoisotopic (exact) mass is 242 g/mol. The van der Waals surface area contributed by atoms with Gasteiger partial charge >= 0.3 is 0 Å². The standard InChI is InChI=1S/C12H10N4S/c13-4-3-10-11(8-1-2-8)16-12(17-10)9-7-14-5-6-15-9/h5-8H,1-3H2. The van der Waals surface area contributed by atoms with E-state index in [2.05, 4.69) is 21.0 Å². The van der Waals surface area contributed by atoms with Crippen LogP contribution >= 0.6 is 11.3 Å². The van der Waals surface area contributed by atoms with Gasteiger partial charge in [-0.05, 0) is 12.8 Å². The lowest BCUT2D eigenvalue weighted by Gasteiger charge is -1.92. The maximum atomic E-state index is 8.83. The molecule has 3 rings (SSSR count). The molecule has 17 heavy (non-hydrogen) atoms. The van der Waals surface area contributed by atoms with Gasteiger partial charge in [-0.25, -0.2) is 4.98 Å². The van der Waals surface area contributed by atoms with Crippen LogP contribution in [0.15, 0.2) is 18.6 Å². The fraction of sp³-hybridized carbons (Fsp3) is 0.333. The van der Waals surface area contributed by atoms with E-state index in [-0.39, 0.29) is 0 Å². The van der Waals surface area contributed by atoms with Crippen LogP contribution in [0.2, 0.25) is 0 Å². The van der Waals surface area contributed by atoms with Gasteiger partial charge in [0.05, 0.1) is 24.4 Å². The highest BCUT2D eigenvalue weighted by atomic mass is 32.1. The van der Waals surface area contributed by atoms with Crippen LogP contribution in [-0.2, 0) is 6.42 Å². The number of rotatable bonds is 3. The van der Waals surface area contributed by atoms with Crippen LogP contribution < -0.4 is 0 Å². The van der Waals surface area contributed by atoms with Crippen LogP contribution in [0, 0.1) is 11.3 Å². The Bertz CT molecular complexity index is 566.